The van der Waals surface area contributed by atoms with Crippen LogP contribution in [-0.2, 0) is 11.3 Å². The highest BCUT2D eigenvalue weighted by molar-refractivity contribution is 9.10. The molecule has 28 heavy (non-hydrogen) atoms. The Morgan fingerprint density at radius 2 is 1.89 bits per heavy atom. The zero-order chi connectivity index (χ0) is 20.3. The van der Waals surface area contributed by atoms with E-state index in [1.807, 2.05) is 0 Å². The predicted octanol–water partition coefficient (Wildman–Crippen LogP) is 2.55. The Kier molecular flexibility index (Phi) is 5.74. The van der Waals surface area contributed by atoms with Gasteiger partial charge in [0.05, 0.1) is 18.5 Å². The number of aromatic nitrogens is 2. The maximum atomic E-state index is 13.8. The SMILES string of the molecule is COc1ccccc1-n1ccn(CC(=O)Nc2ccc(Br)cc2F)c(=O)c1=O. The molecule has 144 valence electrons. The molecule has 3 rings (SSSR count). The molecule has 1 heterocycles. The fourth-order valence-corrected chi connectivity index (χ4v) is 2.92. The second-order valence-corrected chi connectivity index (χ2v) is 6.67. The maximum absolute atomic E-state index is 13.8. The van der Waals surface area contributed by atoms with Crippen LogP contribution in [0.15, 0.2) is 68.9 Å². The number of rotatable bonds is 5. The van der Waals surface area contributed by atoms with Gasteiger partial charge in [0.1, 0.15) is 18.1 Å². The minimum atomic E-state index is -0.889. The van der Waals surface area contributed by atoms with Crippen LogP contribution in [0.1, 0.15) is 0 Å². The molecule has 0 unspecified atom stereocenters. The van der Waals surface area contributed by atoms with Gasteiger partial charge in [-0.2, -0.15) is 0 Å². The Hall–Kier alpha value is -3.20. The first kappa shape index (κ1) is 19.6. The lowest BCUT2D eigenvalue weighted by Crippen LogP contribution is -2.41. The first-order chi connectivity index (χ1) is 13.4. The number of anilines is 1. The highest BCUT2D eigenvalue weighted by Crippen LogP contribution is 2.20. The number of carbonyl (C=O) groups is 1. The summed E-state index contributed by atoms with van der Waals surface area (Å²) in [5.74, 6) is -0.843. The molecule has 0 aliphatic carbocycles. The molecule has 0 fully saturated rings. The van der Waals surface area contributed by atoms with Crippen LogP contribution in [0.3, 0.4) is 0 Å². The number of methoxy groups -OCH3 is 1. The third-order valence-electron chi connectivity index (χ3n) is 3.92. The number of hydrogen-bond acceptors (Lipinski definition) is 4. The van der Waals surface area contributed by atoms with Crippen molar-refractivity contribution in [2.75, 3.05) is 12.4 Å². The van der Waals surface area contributed by atoms with Gasteiger partial charge in [0, 0.05) is 16.9 Å². The summed E-state index contributed by atoms with van der Waals surface area (Å²) in [4.78, 5) is 37.0. The van der Waals surface area contributed by atoms with Crippen LogP contribution in [0.5, 0.6) is 5.75 Å². The third kappa shape index (κ3) is 4.04. The fraction of sp³-hybridized carbons (Fsp3) is 0.105. The summed E-state index contributed by atoms with van der Waals surface area (Å²) in [6.07, 6.45) is 2.68. The van der Waals surface area contributed by atoms with Crippen LogP contribution in [0.25, 0.3) is 5.69 Å². The van der Waals surface area contributed by atoms with Gasteiger partial charge in [-0.1, -0.05) is 28.1 Å². The first-order valence-electron chi connectivity index (χ1n) is 8.11. The number of nitrogens with one attached hydrogen (secondary N) is 1. The van der Waals surface area contributed by atoms with Gasteiger partial charge in [0.15, 0.2) is 0 Å². The molecule has 3 aromatic rings. The van der Waals surface area contributed by atoms with E-state index >= 15 is 0 Å². The average molecular weight is 448 g/mol. The van der Waals surface area contributed by atoms with Gasteiger partial charge in [-0.25, -0.2) is 4.39 Å². The molecular weight excluding hydrogens is 433 g/mol. The van der Waals surface area contributed by atoms with Crippen molar-refractivity contribution in [1.82, 2.24) is 9.13 Å². The number of benzene rings is 2. The van der Waals surface area contributed by atoms with Crippen LogP contribution in [0, 0.1) is 5.82 Å². The van der Waals surface area contributed by atoms with E-state index in [2.05, 4.69) is 21.2 Å². The summed E-state index contributed by atoms with van der Waals surface area (Å²) in [6, 6.07) is 10.9. The molecule has 0 bridgehead atoms. The van der Waals surface area contributed by atoms with Crippen molar-refractivity contribution in [1.29, 1.82) is 0 Å². The second kappa shape index (κ2) is 8.22. The molecule has 0 saturated heterocycles. The number of halogens is 2. The topological polar surface area (TPSA) is 82.3 Å². The molecule has 0 saturated carbocycles. The largest absolute Gasteiger partial charge is 0.495 e. The highest BCUT2D eigenvalue weighted by Gasteiger charge is 2.13. The quantitative estimate of drug-likeness (QED) is 0.609. The second-order valence-electron chi connectivity index (χ2n) is 5.75. The van der Waals surface area contributed by atoms with Gasteiger partial charge in [-0.15, -0.1) is 0 Å². The summed E-state index contributed by atoms with van der Waals surface area (Å²) in [5.41, 5.74) is -1.35. The molecule has 9 heteroatoms. The van der Waals surface area contributed by atoms with E-state index in [4.69, 9.17) is 4.74 Å². The monoisotopic (exact) mass is 447 g/mol. The first-order valence-corrected chi connectivity index (χ1v) is 8.90. The summed E-state index contributed by atoms with van der Waals surface area (Å²) >= 11 is 3.13. The zero-order valence-electron chi connectivity index (χ0n) is 14.7. The number of nitrogens with zero attached hydrogens (tertiary/aromatic N) is 2. The normalized spacial score (nSPS) is 10.5. The van der Waals surface area contributed by atoms with Crippen LogP contribution < -0.4 is 21.2 Å². The van der Waals surface area contributed by atoms with E-state index < -0.39 is 29.4 Å². The number of carbonyl (C=O) groups excluding carboxylic acids is 1. The molecule has 0 radical (unpaired) electrons. The Morgan fingerprint density at radius 3 is 2.61 bits per heavy atom. The standard InChI is InChI=1S/C19H15BrFN3O4/c1-28-16-5-3-2-4-15(16)24-9-8-23(18(26)19(24)27)11-17(25)22-14-7-6-12(20)10-13(14)21/h2-10H,11H2,1H3,(H,22,25). The van der Waals surface area contributed by atoms with Gasteiger partial charge in [0.25, 0.3) is 0 Å². The minimum Gasteiger partial charge on any atom is -0.495 e. The highest BCUT2D eigenvalue weighted by atomic mass is 79.9. The van der Waals surface area contributed by atoms with Crippen molar-refractivity contribution in [3.8, 4) is 11.4 Å². The molecule has 2 aromatic carbocycles. The van der Waals surface area contributed by atoms with E-state index in [0.717, 1.165) is 9.13 Å². The Morgan fingerprint density at radius 1 is 1.14 bits per heavy atom. The Labute approximate surface area is 167 Å². The summed E-state index contributed by atoms with van der Waals surface area (Å²) in [6.45, 7) is -0.434. The fourth-order valence-electron chi connectivity index (χ4n) is 2.59. The molecule has 0 aliphatic rings. The minimum absolute atomic E-state index is 0.0244. The lowest BCUT2D eigenvalue weighted by molar-refractivity contribution is -0.116. The number of hydrogen-bond donors (Lipinski definition) is 1. The summed E-state index contributed by atoms with van der Waals surface area (Å²) in [7, 11) is 1.46. The predicted molar refractivity (Wildman–Crippen MR) is 106 cm³/mol. The van der Waals surface area contributed by atoms with Crippen molar-refractivity contribution in [3.63, 3.8) is 0 Å². The van der Waals surface area contributed by atoms with Gasteiger partial charge in [-0.3, -0.25) is 23.5 Å². The van der Waals surface area contributed by atoms with Crippen LogP contribution in [-0.4, -0.2) is 22.2 Å². The number of para-hydroxylation sites is 2. The smallest absolute Gasteiger partial charge is 0.321 e. The van der Waals surface area contributed by atoms with Gasteiger partial charge < -0.3 is 10.1 Å². The van der Waals surface area contributed by atoms with Crippen molar-refractivity contribution in [3.05, 3.63) is 85.9 Å². The average Bonchev–Trinajstić information content (AvgIpc) is 2.68. The van der Waals surface area contributed by atoms with Crippen molar-refractivity contribution < 1.29 is 13.9 Å². The van der Waals surface area contributed by atoms with Crippen molar-refractivity contribution in [2.24, 2.45) is 0 Å². The molecule has 7 nitrogen and oxygen atoms in total. The van der Waals surface area contributed by atoms with E-state index in [0.29, 0.717) is 15.9 Å². The van der Waals surface area contributed by atoms with E-state index in [9.17, 15) is 18.8 Å². The molecule has 1 amide bonds. The number of amides is 1. The van der Waals surface area contributed by atoms with Crippen LogP contribution >= 0.6 is 15.9 Å². The van der Waals surface area contributed by atoms with E-state index in [-0.39, 0.29) is 5.69 Å². The molecule has 0 spiro atoms. The lowest BCUT2D eigenvalue weighted by atomic mass is 10.3. The van der Waals surface area contributed by atoms with Crippen LogP contribution in [0.4, 0.5) is 10.1 Å². The molecule has 1 aromatic heterocycles. The Bertz CT molecular complexity index is 1160. The zero-order valence-corrected chi connectivity index (χ0v) is 16.3. The maximum Gasteiger partial charge on any atom is 0.321 e. The summed E-state index contributed by atoms with van der Waals surface area (Å²) < 4.78 is 21.7. The lowest BCUT2D eigenvalue weighted by Gasteiger charge is -2.12. The van der Waals surface area contributed by atoms with E-state index in [1.54, 1.807) is 30.3 Å². The van der Waals surface area contributed by atoms with Gasteiger partial charge >= 0.3 is 11.1 Å². The van der Waals surface area contributed by atoms with Crippen LogP contribution in [0.2, 0.25) is 0 Å². The van der Waals surface area contributed by atoms with E-state index in [1.165, 1.54) is 31.6 Å². The van der Waals surface area contributed by atoms with Crippen molar-refractivity contribution >= 4 is 27.5 Å². The Balaban J connectivity index is 1.86. The molecular formula is C19H15BrFN3O4. The van der Waals surface area contributed by atoms with Crippen molar-refractivity contribution in [2.45, 2.75) is 6.54 Å². The van der Waals surface area contributed by atoms with Gasteiger partial charge in [-0.05, 0) is 30.3 Å². The number of ether oxygens (including phenoxy) is 1. The molecule has 1 N–H and O–H groups in total. The summed E-state index contributed by atoms with van der Waals surface area (Å²) in [5, 5.41) is 2.37. The van der Waals surface area contributed by atoms with Gasteiger partial charge in [0.2, 0.25) is 5.91 Å². The molecule has 0 atom stereocenters. The molecule has 0 aliphatic heterocycles. The third-order valence-corrected chi connectivity index (χ3v) is 4.42.